The van der Waals surface area contributed by atoms with Crippen LogP contribution in [-0.2, 0) is 4.79 Å². The van der Waals surface area contributed by atoms with Gasteiger partial charge >= 0.3 is 0 Å². The minimum Gasteiger partial charge on any atom is -0.391 e. The molecule has 6 nitrogen and oxygen atoms in total. The number of rotatable bonds is 3. The van der Waals surface area contributed by atoms with Gasteiger partial charge in [0.05, 0.1) is 10.6 Å². The van der Waals surface area contributed by atoms with Crippen molar-refractivity contribution in [3.05, 3.63) is 26.7 Å². The third-order valence-electron chi connectivity index (χ3n) is 2.56. The van der Waals surface area contributed by atoms with Gasteiger partial charge in [0.1, 0.15) is 5.69 Å². The van der Waals surface area contributed by atoms with Gasteiger partial charge in [0, 0.05) is 16.5 Å². The lowest BCUT2D eigenvalue weighted by atomic mass is 10.2. The van der Waals surface area contributed by atoms with E-state index in [0.29, 0.717) is 4.47 Å². The van der Waals surface area contributed by atoms with Crippen LogP contribution in [0.1, 0.15) is 12.8 Å². The zero-order chi connectivity index (χ0) is 12.6. The van der Waals surface area contributed by atoms with Crippen LogP contribution in [0.3, 0.4) is 0 Å². The lowest BCUT2D eigenvalue weighted by Gasteiger charge is -2.09. The van der Waals surface area contributed by atoms with E-state index in [4.69, 9.17) is 5.73 Å². The number of nitrogens with zero attached hydrogens (tertiary/aromatic N) is 1. The average Bonchev–Trinajstić information content (AvgIpc) is 3.06. The zero-order valence-electron chi connectivity index (χ0n) is 8.77. The number of anilines is 2. The monoisotopic (exact) mass is 299 g/mol. The van der Waals surface area contributed by atoms with Gasteiger partial charge < -0.3 is 11.1 Å². The highest BCUT2D eigenvalue weighted by molar-refractivity contribution is 9.10. The molecule has 1 fully saturated rings. The number of hydrogen-bond donors (Lipinski definition) is 2. The number of benzene rings is 1. The fraction of sp³-hybridized carbons (Fsp3) is 0.300. The number of nitrogens with two attached hydrogens (primary N) is 1. The van der Waals surface area contributed by atoms with Gasteiger partial charge in [-0.25, -0.2) is 0 Å². The first-order valence-electron chi connectivity index (χ1n) is 5.04. The third kappa shape index (κ3) is 2.38. The molecule has 90 valence electrons. The molecule has 0 aromatic heterocycles. The predicted molar refractivity (Wildman–Crippen MR) is 66.6 cm³/mol. The fourth-order valence-corrected chi connectivity index (χ4v) is 1.88. The molecule has 1 aliphatic rings. The number of nitro groups is 1. The smallest absolute Gasteiger partial charge is 0.294 e. The van der Waals surface area contributed by atoms with Gasteiger partial charge in [-0.05, 0) is 34.8 Å². The summed E-state index contributed by atoms with van der Waals surface area (Å²) in [4.78, 5) is 21.7. The molecule has 2 rings (SSSR count). The van der Waals surface area contributed by atoms with Crippen molar-refractivity contribution in [2.75, 3.05) is 11.1 Å². The van der Waals surface area contributed by atoms with Crippen LogP contribution < -0.4 is 11.1 Å². The summed E-state index contributed by atoms with van der Waals surface area (Å²) in [5.74, 6) is -0.126. The van der Waals surface area contributed by atoms with E-state index in [1.807, 2.05) is 0 Å². The summed E-state index contributed by atoms with van der Waals surface area (Å²) in [6.07, 6.45) is 1.72. The Morgan fingerprint density at radius 1 is 1.53 bits per heavy atom. The number of hydrogen-bond acceptors (Lipinski definition) is 4. The Bertz CT molecular complexity index is 500. The summed E-state index contributed by atoms with van der Waals surface area (Å²) >= 11 is 3.21. The summed E-state index contributed by atoms with van der Waals surface area (Å²) in [6.45, 7) is 0. The first kappa shape index (κ1) is 11.8. The minimum atomic E-state index is -0.575. The van der Waals surface area contributed by atoms with Crippen LogP contribution >= 0.6 is 15.9 Å². The molecule has 1 saturated carbocycles. The molecule has 1 aromatic rings. The highest BCUT2D eigenvalue weighted by Gasteiger charge is 2.31. The van der Waals surface area contributed by atoms with Crippen molar-refractivity contribution in [1.29, 1.82) is 0 Å². The Morgan fingerprint density at radius 2 is 2.18 bits per heavy atom. The maximum absolute atomic E-state index is 11.6. The van der Waals surface area contributed by atoms with Gasteiger partial charge in [-0.3, -0.25) is 14.9 Å². The normalized spacial score (nSPS) is 14.4. The van der Waals surface area contributed by atoms with Crippen molar-refractivity contribution in [3.8, 4) is 0 Å². The Labute approximate surface area is 105 Å². The summed E-state index contributed by atoms with van der Waals surface area (Å²) in [5.41, 5.74) is 5.70. The molecule has 0 radical (unpaired) electrons. The molecule has 1 amide bonds. The molecule has 1 aromatic carbocycles. The van der Waals surface area contributed by atoms with Crippen molar-refractivity contribution < 1.29 is 9.72 Å². The first-order chi connectivity index (χ1) is 8.00. The lowest BCUT2D eigenvalue weighted by Crippen LogP contribution is -2.15. The fourth-order valence-electron chi connectivity index (χ4n) is 1.44. The van der Waals surface area contributed by atoms with Crippen LogP contribution in [0.15, 0.2) is 16.6 Å². The SMILES string of the molecule is Nc1c([N+](=O)[O-])ccc(Br)c1NC(=O)C1CC1. The van der Waals surface area contributed by atoms with Gasteiger partial charge in [-0.15, -0.1) is 0 Å². The molecule has 0 unspecified atom stereocenters. The van der Waals surface area contributed by atoms with Gasteiger partial charge in [-0.1, -0.05) is 0 Å². The van der Waals surface area contributed by atoms with Crippen LogP contribution in [0.2, 0.25) is 0 Å². The van der Waals surface area contributed by atoms with Crippen molar-refractivity contribution in [2.45, 2.75) is 12.8 Å². The van der Waals surface area contributed by atoms with Gasteiger partial charge in [0.15, 0.2) is 0 Å². The van der Waals surface area contributed by atoms with E-state index in [2.05, 4.69) is 21.2 Å². The summed E-state index contributed by atoms with van der Waals surface area (Å²) in [5, 5.41) is 13.3. The first-order valence-corrected chi connectivity index (χ1v) is 5.83. The molecule has 0 bridgehead atoms. The molecule has 0 aliphatic heterocycles. The second-order valence-corrected chi connectivity index (χ2v) is 4.73. The van der Waals surface area contributed by atoms with Crippen LogP contribution in [-0.4, -0.2) is 10.8 Å². The Morgan fingerprint density at radius 3 is 2.71 bits per heavy atom. The van der Waals surface area contributed by atoms with Crippen LogP contribution in [0.4, 0.5) is 17.1 Å². The summed E-state index contributed by atoms with van der Waals surface area (Å²) < 4.78 is 0.537. The Hall–Kier alpha value is -1.63. The molecule has 0 spiro atoms. The molecule has 0 atom stereocenters. The molecule has 3 N–H and O–H groups in total. The molecule has 0 heterocycles. The maximum atomic E-state index is 11.6. The number of nitrogens with one attached hydrogen (secondary N) is 1. The largest absolute Gasteiger partial charge is 0.391 e. The van der Waals surface area contributed by atoms with E-state index in [9.17, 15) is 14.9 Å². The predicted octanol–water partition coefficient (Wildman–Crippen LogP) is 2.29. The van der Waals surface area contributed by atoms with Crippen molar-refractivity contribution >= 4 is 38.9 Å². The van der Waals surface area contributed by atoms with E-state index in [0.717, 1.165) is 12.8 Å². The quantitative estimate of drug-likeness (QED) is 0.508. The third-order valence-corrected chi connectivity index (χ3v) is 3.23. The van der Waals surface area contributed by atoms with E-state index in [1.165, 1.54) is 12.1 Å². The Balaban J connectivity index is 2.33. The summed E-state index contributed by atoms with van der Waals surface area (Å²) in [7, 11) is 0. The lowest BCUT2D eigenvalue weighted by molar-refractivity contribution is -0.383. The second-order valence-electron chi connectivity index (χ2n) is 3.88. The molecular weight excluding hydrogens is 290 g/mol. The second kappa shape index (κ2) is 4.33. The van der Waals surface area contributed by atoms with Gasteiger partial charge in [-0.2, -0.15) is 0 Å². The van der Waals surface area contributed by atoms with Gasteiger partial charge in [0.25, 0.3) is 5.69 Å². The topological polar surface area (TPSA) is 98.3 Å². The molecule has 7 heteroatoms. The molecule has 17 heavy (non-hydrogen) atoms. The maximum Gasteiger partial charge on any atom is 0.294 e. The van der Waals surface area contributed by atoms with Crippen molar-refractivity contribution in [3.63, 3.8) is 0 Å². The molecule has 1 aliphatic carbocycles. The van der Waals surface area contributed by atoms with Crippen LogP contribution in [0.25, 0.3) is 0 Å². The van der Waals surface area contributed by atoms with Crippen LogP contribution in [0, 0.1) is 16.0 Å². The van der Waals surface area contributed by atoms with E-state index >= 15 is 0 Å². The molecule has 0 saturated heterocycles. The minimum absolute atomic E-state index is 0.0144. The van der Waals surface area contributed by atoms with E-state index < -0.39 is 4.92 Å². The van der Waals surface area contributed by atoms with Crippen molar-refractivity contribution in [2.24, 2.45) is 5.92 Å². The average molecular weight is 300 g/mol. The number of carbonyl (C=O) groups is 1. The van der Waals surface area contributed by atoms with Crippen LogP contribution in [0.5, 0.6) is 0 Å². The highest BCUT2D eigenvalue weighted by Crippen LogP contribution is 2.38. The standard InChI is InChI=1S/C10H10BrN3O3/c11-6-3-4-7(14(16)17)8(12)9(6)13-10(15)5-1-2-5/h3-5H,1-2,12H2,(H,13,15). The number of nitro benzene ring substituents is 1. The summed E-state index contributed by atoms with van der Waals surface area (Å²) in [6, 6.07) is 2.79. The number of amides is 1. The Kier molecular flexibility index (Phi) is 3.01. The van der Waals surface area contributed by atoms with E-state index in [1.54, 1.807) is 0 Å². The molecular formula is C10H10BrN3O3. The van der Waals surface area contributed by atoms with Crippen molar-refractivity contribution in [1.82, 2.24) is 0 Å². The number of carbonyl (C=O) groups excluding carboxylic acids is 1. The number of nitrogen functional groups attached to an aromatic ring is 1. The van der Waals surface area contributed by atoms with Gasteiger partial charge in [0.2, 0.25) is 5.91 Å². The van der Waals surface area contributed by atoms with E-state index in [-0.39, 0.29) is 28.9 Å². The zero-order valence-corrected chi connectivity index (χ0v) is 10.4. The number of halogens is 1. The highest BCUT2D eigenvalue weighted by atomic mass is 79.9.